The summed E-state index contributed by atoms with van der Waals surface area (Å²) in [6, 6.07) is 19.1. The van der Waals surface area contributed by atoms with Gasteiger partial charge in [-0.05, 0) is 29.9 Å². The molecule has 1 aliphatic rings. The summed E-state index contributed by atoms with van der Waals surface area (Å²) in [5.41, 5.74) is 1.09. The first kappa shape index (κ1) is 26.8. The van der Waals surface area contributed by atoms with Crippen LogP contribution in [-0.2, 0) is 32.9 Å². The fraction of sp³-hybridized carbons (Fsp3) is 0.250. The third-order valence-corrected chi connectivity index (χ3v) is 6.32. The third kappa shape index (κ3) is 7.60. The molecule has 1 aliphatic carbocycles. The number of carbonyl (C=O) groups is 2. The normalized spacial score (nSPS) is 12.8. The molecule has 3 aromatic rings. The molecular weight excluding hydrogens is 483 g/mol. The van der Waals surface area contributed by atoms with Crippen molar-refractivity contribution >= 4 is 51.8 Å². The number of rotatable bonds is 10. The van der Waals surface area contributed by atoms with Crippen molar-refractivity contribution in [1.82, 2.24) is 8.69 Å². The molecule has 1 N–H and O–H groups in total. The summed E-state index contributed by atoms with van der Waals surface area (Å²) >= 11 is 0. The van der Waals surface area contributed by atoms with Crippen molar-refractivity contribution in [3.05, 3.63) is 89.7 Å². The Morgan fingerprint density at radius 3 is 2.03 bits per heavy atom. The average molecular weight is 509 g/mol. The van der Waals surface area contributed by atoms with E-state index in [1.807, 2.05) is 10.8 Å². The van der Waals surface area contributed by atoms with Crippen molar-refractivity contribution in [3.63, 3.8) is 0 Å². The van der Waals surface area contributed by atoms with Crippen molar-refractivity contribution in [2.45, 2.75) is 26.1 Å². The zero-order valence-corrected chi connectivity index (χ0v) is 19.1. The molecule has 2 aromatic carbocycles. The number of esters is 1. The molecule has 1 aromatic heterocycles. The van der Waals surface area contributed by atoms with Crippen LogP contribution in [0.3, 0.4) is 0 Å². The Labute approximate surface area is 225 Å². The van der Waals surface area contributed by atoms with Crippen molar-refractivity contribution < 1.29 is 32.2 Å². The van der Waals surface area contributed by atoms with E-state index in [-0.39, 0.29) is 54.2 Å². The minimum absolute atomic E-state index is 0. The van der Waals surface area contributed by atoms with Crippen LogP contribution in [-0.4, -0.2) is 60.6 Å². The van der Waals surface area contributed by atoms with Crippen molar-refractivity contribution in [1.29, 1.82) is 0 Å². The van der Waals surface area contributed by atoms with E-state index in [0.717, 1.165) is 24.6 Å². The topological polar surface area (TPSA) is 113 Å². The molecule has 1 amide bonds. The third-order valence-electron chi connectivity index (χ3n) is 5.08. The van der Waals surface area contributed by atoms with Crippen LogP contribution in [0.5, 0.6) is 5.75 Å². The van der Waals surface area contributed by atoms with Crippen LogP contribution >= 0.6 is 0 Å². The van der Waals surface area contributed by atoms with Gasteiger partial charge in [-0.1, -0.05) is 60.7 Å². The summed E-state index contributed by atoms with van der Waals surface area (Å²) in [5.74, 6) is -0.463. The minimum atomic E-state index is -4.51. The van der Waals surface area contributed by atoms with E-state index in [9.17, 15) is 18.0 Å². The fourth-order valence-corrected chi connectivity index (χ4v) is 4.09. The van der Waals surface area contributed by atoms with Gasteiger partial charge in [0.15, 0.2) is 11.4 Å². The van der Waals surface area contributed by atoms with E-state index < -0.39 is 22.3 Å². The number of carbonyl (C=O) groups excluding carboxylic acids is 2. The molecular formula is C24H25N2NaO7S. The molecule has 4 rings (SSSR count). The van der Waals surface area contributed by atoms with Crippen LogP contribution in [0.1, 0.15) is 34.5 Å². The number of aromatic nitrogens is 1. The summed E-state index contributed by atoms with van der Waals surface area (Å²) in [6.07, 6.45) is 1.98. The summed E-state index contributed by atoms with van der Waals surface area (Å²) in [5, 5.41) is 0. The van der Waals surface area contributed by atoms with E-state index in [0.29, 0.717) is 22.1 Å². The van der Waals surface area contributed by atoms with E-state index in [2.05, 4.69) is 0 Å². The second kappa shape index (κ2) is 12.3. The molecule has 1 saturated carbocycles. The Bertz CT molecular complexity index is 1240. The maximum atomic E-state index is 12.9. The Morgan fingerprint density at radius 2 is 1.46 bits per heavy atom. The maximum absolute atomic E-state index is 12.9. The van der Waals surface area contributed by atoms with Gasteiger partial charge in [-0.2, -0.15) is 8.42 Å². The molecule has 0 aliphatic heterocycles. The zero-order chi connectivity index (χ0) is 24.0. The molecule has 0 radical (unpaired) electrons. The van der Waals surface area contributed by atoms with Crippen molar-refractivity contribution in [2.75, 3.05) is 6.61 Å². The molecule has 0 bridgehead atoms. The molecule has 0 spiro atoms. The number of amides is 1. The number of benzene rings is 2. The number of nitrogens with one attached hydrogen (secondary N) is 1. The molecule has 11 heteroatoms. The van der Waals surface area contributed by atoms with E-state index >= 15 is 0 Å². The van der Waals surface area contributed by atoms with Crippen molar-refractivity contribution in [2.24, 2.45) is 5.92 Å². The zero-order valence-electron chi connectivity index (χ0n) is 18.3. The Kier molecular flexibility index (Phi) is 9.39. The van der Waals surface area contributed by atoms with Gasteiger partial charge >= 0.3 is 51.8 Å². The summed E-state index contributed by atoms with van der Waals surface area (Å²) in [6.45, 7) is 0.185. The SMILES string of the molecule is O=C(NS(=O)(=O)n1ccc(OCC2CC2)c1C(=O)OCc1ccccc1)OCc1ccccc1.[NaH]. The molecule has 1 heterocycles. The molecule has 0 atom stereocenters. The summed E-state index contributed by atoms with van der Waals surface area (Å²) < 4.78 is 44.3. The first-order chi connectivity index (χ1) is 16.4. The van der Waals surface area contributed by atoms with Crippen LogP contribution in [0.2, 0.25) is 0 Å². The van der Waals surface area contributed by atoms with Gasteiger partial charge in [0.2, 0.25) is 0 Å². The van der Waals surface area contributed by atoms with Crippen LogP contribution in [0.25, 0.3) is 0 Å². The predicted octanol–water partition coefficient (Wildman–Crippen LogP) is 3.00. The van der Waals surface area contributed by atoms with Gasteiger partial charge in [-0.25, -0.2) is 18.3 Å². The van der Waals surface area contributed by atoms with Crippen molar-refractivity contribution in [3.8, 4) is 5.75 Å². The van der Waals surface area contributed by atoms with Gasteiger partial charge in [-0.3, -0.25) is 0 Å². The number of nitrogens with zero attached hydrogens (tertiary/aromatic N) is 1. The molecule has 0 unspecified atom stereocenters. The van der Waals surface area contributed by atoms with Gasteiger partial charge in [0, 0.05) is 12.3 Å². The van der Waals surface area contributed by atoms with Gasteiger partial charge < -0.3 is 14.2 Å². The molecule has 9 nitrogen and oxygen atoms in total. The summed E-state index contributed by atoms with van der Waals surface area (Å²) in [7, 11) is -4.51. The fourth-order valence-electron chi connectivity index (χ4n) is 3.10. The summed E-state index contributed by atoms with van der Waals surface area (Å²) in [4.78, 5) is 25.0. The molecule has 1 fully saturated rings. The van der Waals surface area contributed by atoms with Crippen LogP contribution in [0.15, 0.2) is 72.9 Å². The molecule has 180 valence electrons. The molecule has 35 heavy (non-hydrogen) atoms. The standard InChI is InChI=1S/C24H24N2O7S.Na.H/c27-23(32-16-18-7-3-1-4-8-18)22-21(31-15-20-11-12-20)13-14-26(22)34(29,30)25-24(28)33-17-19-9-5-2-6-10-19;;/h1-10,13-14,20H,11-12,15-17H2,(H,25,28);;. The number of hydrogen-bond acceptors (Lipinski definition) is 7. The van der Waals surface area contributed by atoms with E-state index in [1.165, 1.54) is 6.07 Å². The van der Waals surface area contributed by atoms with Crippen LogP contribution in [0, 0.1) is 5.92 Å². The second-order valence-corrected chi connectivity index (χ2v) is 9.36. The first-order valence-electron chi connectivity index (χ1n) is 10.7. The van der Waals surface area contributed by atoms with E-state index in [1.54, 1.807) is 54.6 Å². The Balaban J connectivity index is 0.00000342. The van der Waals surface area contributed by atoms with Gasteiger partial charge in [-0.15, -0.1) is 0 Å². The Morgan fingerprint density at radius 1 is 0.886 bits per heavy atom. The predicted molar refractivity (Wildman–Crippen MR) is 129 cm³/mol. The first-order valence-corrected chi connectivity index (χ1v) is 12.2. The molecule has 0 saturated heterocycles. The monoisotopic (exact) mass is 508 g/mol. The van der Waals surface area contributed by atoms with Crippen LogP contribution < -0.4 is 9.46 Å². The quantitative estimate of drug-likeness (QED) is 0.331. The van der Waals surface area contributed by atoms with Gasteiger partial charge in [0.05, 0.1) is 6.61 Å². The number of hydrogen-bond donors (Lipinski definition) is 1. The van der Waals surface area contributed by atoms with Crippen LogP contribution in [0.4, 0.5) is 4.79 Å². The van der Waals surface area contributed by atoms with E-state index in [4.69, 9.17) is 14.2 Å². The number of ether oxygens (including phenoxy) is 3. The second-order valence-electron chi connectivity index (χ2n) is 7.81. The average Bonchev–Trinajstić information content (AvgIpc) is 3.57. The van der Waals surface area contributed by atoms with Gasteiger partial charge in [0.1, 0.15) is 13.2 Å². The Hall–Kier alpha value is -2.79. The van der Waals surface area contributed by atoms with Gasteiger partial charge in [0.25, 0.3) is 0 Å².